The minimum Gasteiger partial charge on any atom is -0.347 e. The van der Waals surface area contributed by atoms with Gasteiger partial charge < -0.3 is 14.4 Å². The fraction of sp³-hybridized carbons (Fsp3) is 0.500. The monoisotopic (exact) mass is 279 g/mol. The van der Waals surface area contributed by atoms with Crippen LogP contribution in [0.3, 0.4) is 0 Å². The molecule has 0 atom stereocenters. The Morgan fingerprint density at radius 3 is 2.37 bits per heavy atom. The third-order valence-electron chi connectivity index (χ3n) is 3.55. The third kappa shape index (κ3) is 2.94. The normalized spacial score (nSPS) is 21.8. The second-order valence-corrected chi connectivity index (χ2v) is 5.80. The van der Waals surface area contributed by atoms with Crippen molar-refractivity contribution < 1.29 is 14.3 Å². The van der Waals surface area contributed by atoms with Gasteiger partial charge >= 0.3 is 0 Å². The van der Waals surface area contributed by atoms with Crippen molar-refractivity contribution in [2.75, 3.05) is 26.3 Å². The number of hydrogen-bond acceptors (Lipinski definition) is 4. The van der Waals surface area contributed by atoms with Gasteiger partial charge in [-0.2, -0.15) is 0 Å². The minimum absolute atomic E-state index is 0.110. The third-order valence-corrected chi connectivity index (χ3v) is 4.49. The summed E-state index contributed by atoms with van der Waals surface area (Å²) < 4.78 is 11.3. The van der Waals surface area contributed by atoms with E-state index in [2.05, 4.69) is 0 Å². The summed E-state index contributed by atoms with van der Waals surface area (Å²) in [4.78, 5) is 15.0. The highest BCUT2D eigenvalue weighted by Gasteiger charge is 2.40. The zero-order chi connectivity index (χ0) is 13.1. The number of likely N-dealkylation sites (tertiary alicyclic amines) is 1. The number of carbonyl (C=O) groups excluding carboxylic acids is 1. The molecular weight excluding hydrogens is 262 g/mol. The second-order valence-electron chi connectivity index (χ2n) is 4.78. The summed E-state index contributed by atoms with van der Waals surface area (Å²) >= 11 is 1.29. The van der Waals surface area contributed by atoms with Gasteiger partial charge in [-0.1, -0.05) is 18.2 Å². The van der Waals surface area contributed by atoms with Crippen LogP contribution in [0.1, 0.15) is 12.8 Å². The van der Waals surface area contributed by atoms with Crippen molar-refractivity contribution in [1.82, 2.24) is 4.90 Å². The highest BCUT2D eigenvalue weighted by Crippen LogP contribution is 2.33. The summed E-state index contributed by atoms with van der Waals surface area (Å²) in [5.41, 5.74) is 0. The SMILES string of the molecule is O=C(Sc1ccccc1)N1CCC2(CC1)OCCO2. The molecule has 2 aliphatic rings. The molecule has 0 unspecified atom stereocenters. The highest BCUT2D eigenvalue weighted by molar-refractivity contribution is 8.13. The van der Waals surface area contributed by atoms with Crippen molar-refractivity contribution in [3.05, 3.63) is 30.3 Å². The number of thioether (sulfide) groups is 1. The Hall–Kier alpha value is -1.04. The Kier molecular flexibility index (Phi) is 3.77. The van der Waals surface area contributed by atoms with Crippen LogP contribution in [0, 0.1) is 0 Å². The molecular formula is C14H17NO3S. The van der Waals surface area contributed by atoms with Gasteiger partial charge in [-0.25, -0.2) is 0 Å². The lowest BCUT2D eigenvalue weighted by Crippen LogP contribution is -2.46. The maximum atomic E-state index is 12.2. The fourth-order valence-corrected chi connectivity index (χ4v) is 3.28. The van der Waals surface area contributed by atoms with Crippen LogP contribution in [0.25, 0.3) is 0 Å². The molecule has 2 saturated heterocycles. The first-order valence-corrected chi connectivity index (χ1v) is 7.39. The van der Waals surface area contributed by atoms with Gasteiger partial charge in [0, 0.05) is 30.8 Å². The van der Waals surface area contributed by atoms with Crippen molar-refractivity contribution in [2.45, 2.75) is 23.5 Å². The number of benzene rings is 1. The van der Waals surface area contributed by atoms with E-state index in [1.165, 1.54) is 11.8 Å². The standard InChI is InChI=1S/C14H17NO3S/c16-13(19-12-4-2-1-3-5-12)15-8-6-14(7-9-15)17-10-11-18-14/h1-5H,6-11H2. The molecule has 102 valence electrons. The molecule has 4 nitrogen and oxygen atoms in total. The quantitative estimate of drug-likeness (QED) is 0.741. The van der Waals surface area contributed by atoms with Gasteiger partial charge in [-0.3, -0.25) is 4.79 Å². The van der Waals surface area contributed by atoms with Crippen LogP contribution < -0.4 is 0 Å². The predicted molar refractivity (Wildman–Crippen MR) is 73.1 cm³/mol. The lowest BCUT2D eigenvalue weighted by atomic mass is 10.0. The van der Waals surface area contributed by atoms with Crippen LogP contribution in [0.4, 0.5) is 4.79 Å². The molecule has 1 amide bonds. The molecule has 2 aliphatic heterocycles. The van der Waals surface area contributed by atoms with E-state index in [9.17, 15) is 4.79 Å². The molecule has 0 radical (unpaired) electrons. The Bertz CT molecular complexity index is 435. The first-order chi connectivity index (χ1) is 9.27. The molecule has 0 N–H and O–H groups in total. The molecule has 0 aliphatic carbocycles. The van der Waals surface area contributed by atoms with Crippen LogP contribution in [-0.2, 0) is 9.47 Å². The molecule has 1 aromatic carbocycles. The maximum absolute atomic E-state index is 12.2. The van der Waals surface area contributed by atoms with Gasteiger partial charge in [0.2, 0.25) is 0 Å². The van der Waals surface area contributed by atoms with E-state index in [4.69, 9.17) is 9.47 Å². The van der Waals surface area contributed by atoms with Crippen LogP contribution >= 0.6 is 11.8 Å². The van der Waals surface area contributed by atoms with E-state index in [-0.39, 0.29) is 5.24 Å². The predicted octanol–water partition coefficient (Wildman–Crippen LogP) is 2.74. The van der Waals surface area contributed by atoms with Gasteiger partial charge in [-0.15, -0.1) is 0 Å². The van der Waals surface area contributed by atoms with Crippen LogP contribution in [0.2, 0.25) is 0 Å². The lowest BCUT2D eigenvalue weighted by Gasteiger charge is -2.37. The Balaban J connectivity index is 1.55. The summed E-state index contributed by atoms with van der Waals surface area (Å²) in [6, 6.07) is 9.75. The maximum Gasteiger partial charge on any atom is 0.286 e. The van der Waals surface area contributed by atoms with Crippen molar-refractivity contribution in [2.24, 2.45) is 0 Å². The lowest BCUT2D eigenvalue weighted by molar-refractivity contribution is -0.180. The number of ether oxygens (including phenoxy) is 2. The van der Waals surface area contributed by atoms with Crippen molar-refractivity contribution >= 4 is 17.0 Å². The molecule has 3 rings (SSSR count). The number of carbonyl (C=O) groups is 1. The summed E-state index contributed by atoms with van der Waals surface area (Å²) in [5, 5.41) is 0.110. The minimum atomic E-state index is -0.409. The zero-order valence-corrected chi connectivity index (χ0v) is 11.5. The zero-order valence-electron chi connectivity index (χ0n) is 10.7. The van der Waals surface area contributed by atoms with Crippen LogP contribution in [-0.4, -0.2) is 42.2 Å². The molecule has 0 aromatic heterocycles. The molecule has 2 heterocycles. The van der Waals surface area contributed by atoms with Crippen molar-refractivity contribution in [3.63, 3.8) is 0 Å². The smallest absolute Gasteiger partial charge is 0.286 e. The molecule has 1 spiro atoms. The van der Waals surface area contributed by atoms with E-state index in [1.807, 2.05) is 35.2 Å². The van der Waals surface area contributed by atoms with Crippen molar-refractivity contribution in [1.29, 1.82) is 0 Å². The average molecular weight is 279 g/mol. The van der Waals surface area contributed by atoms with Gasteiger partial charge in [-0.05, 0) is 23.9 Å². The van der Waals surface area contributed by atoms with E-state index < -0.39 is 5.79 Å². The summed E-state index contributed by atoms with van der Waals surface area (Å²) in [6.45, 7) is 2.76. The van der Waals surface area contributed by atoms with E-state index in [1.54, 1.807) is 0 Å². The molecule has 5 heteroatoms. The van der Waals surface area contributed by atoms with E-state index in [0.29, 0.717) is 26.3 Å². The van der Waals surface area contributed by atoms with Crippen LogP contribution in [0.5, 0.6) is 0 Å². The molecule has 2 fully saturated rings. The Labute approximate surface area is 117 Å². The Morgan fingerprint density at radius 1 is 1.11 bits per heavy atom. The van der Waals surface area contributed by atoms with Crippen molar-refractivity contribution in [3.8, 4) is 0 Å². The topological polar surface area (TPSA) is 38.8 Å². The summed E-state index contributed by atoms with van der Waals surface area (Å²) in [5.74, 6) is -0.409. The van der Waals surface area contributed by atoms with E-state index in [0.717, 1.165) is 17.7 Å². The Morgan fingerprint density at radius 2 is 1.74 bits per heavy atom. The first kappa shape index (κ1) is 13.0. The van der Waals surface area contributed by atoms with Gasteiger partial charge in [0.1, 0.15) is 0 Å². The fourth-order valence-electron chi connectivity index (χ4n) is 2.47. The number of nitrogens with zero attached hydrogens (tertiary/aromatic N) is 1. The highest BCUT2D eigenvalue weighted by atomic mass is 32.2. The van der Waals surface area contributed by atoms with Gasteiger partial charge in [0.25, 0.3) is 5.24 Å². The summed E-state index contributed by atoms with van der Waals surface area (Å²) in [6.07, 6.45) is 1.54. The average Bonchev–Trinajstić information content (AvgIpc) is 2.89. The second kappa shape index (κ2) is 5.53. The number of amides is 1. The van der Waals surface area contributed by atoms with Gasteiger partial charge in [0.15, 0.2) is 5.79 Å². The van der Waals surface area contributed by atoms with E-state index >= 15 is 0 Å². The largest absolute Gasteiger partial charge is 0.347 e. The van der Waals surface area contributed by atoms with Crippen LogP contribution in [0.15, 0.2) is 35.2 Å². The number of piperidine rings is 1. The number of hydrogen-bond donors (Lipinski definition) is 0. The summed E-state index contributed by atoms with van der Waals surface area (Å²) in [7, 11) is 0. The van der Waals surface area contributed by atoms with Gasteiger partial charge in [0.05, 0.1) is 13.2 Å². The first-order valence-electron chi connectivity index (χ1n) is 6.57. The number of rotatable bonds is 1. The molecule has 19 heavy (non-hydrogen) atoms. The molecule has 0 saturated carbocycles. The molecule has 0 bridgehead atoms. The molecule has 1 aromatic rings.